The van der Waals surface area contributed by atoms with Crippen molar-refractivity contribution in [2.24, 2.45) is 0 Å². The van der Waals surface area contributed by atoms with E-state index in [0.29, 0.717) is 16.1 Å². The van der Waals surface area contributed by atoms with Gasteiger partial charge in [-0.15, -0.1) is 11.6 Å². The lowest BCUT2D eigenvalue weighted by atomic mass is 10.1. The summed E-state index contributed by atoms with van der Waals surface area (Å²) in [7, 11) is 1.67. The molecule has 0 saturated heterocycles. The zero-order valence-electron chi connectivity index (χ0n) is 11.5. The number of nitrogens with zero attached hydrogens (tertiary/aromatic N) is 2. The zero-order valence-corrected chi connectivity index (χ0v) is 14.4. The number of halogens is 3. The fourth-order valence-corrected chi connectivity index (χ4v) is 3.09. The molecule has 1 aromatic heterocycles. The minimum atomic E-state index is -0.229. The highest BCUT2D eigenvalue weighted by molar-refractivity contribution is 14.1. The fourth-order valence-electron chi connectivity index (χ4n) is 2.45. The van der Waals surface area contributed by atoms with Crippen molar-refractivity contribution in [3.8, 4) is 0 Å². The first-order valence-electron chi connectivity index (χ1n) is 6.53. The number of hydrogen-bond donors (Lipinski definition) is 0. The van der Waals surface area contributed by atoms with Gasteiger partial charge >= 0.3 is 0 Å². The molecular weight excluding hydrogens is 394 g/mol. The predicted octanol–water partition coefficient (Wildman–Crippen LogP) is 4.51. The van der Waals surface area contributed by atoms with E-state index in [9.17, 15) is 4.39 Å². The Kier molecular flexibility index (Phi) is 5.63. The van der Waals surface area contributed by atoms with Crippen LogP contribution in [-0.4, -0.2) is 23.3 Å². The molecule has 3 nitrogen and oxygen atoms in total. The second-order valence-electron chi connectivity index (χ2n) is 4.68. The van der Waals surface area contributed by atoms with Crippen molar-refractivity contribution >= 4 is 45.2 Å². The first-order chi connectivity index (χ1) is 9.62. The maximum absolute atomic E-state index is 13.9. The number of ether oxygens (including phenoxy) is 1. The first kappa shape index (κ1) is 16.0. The van der Waals surface area contributed by atoms with E-state index in [1.165, 1.54) is 0 Å². The van der Waals surface area contributed by atoms with Crippen LogP contribution in [0.1, 0.15) is 31.6 Å². The average Bonchev–Trinajstić information content (AvgIpc) is 2.76. The van der Waals surface area contributed by atoms with Crippen LogP contribution in [0.3, 0.4) is 0 Å². The van der Waals surface area contributed by atoms with Crippen molar-refractivity contribution in [3.05, 3.63) is 27.3 Å². The van der Waals surface area contributed by atoms with Crippen LogP contribution in [0.4, 0.5) is 4.39 Å². The SMILES string of the molecule is CCCC(COC)n1c(CCl)nc2cc(I)c(F)cc21. The molecule has 1 unspecified atom stereocenters. The molecule has 110 valence electrons. The summed E-state index contributed by atoms with van der Waals surface area (Å²) < 4.78 is 21.8. The molecule has 0 aliphatic carbocycles. The molecular formula is C14H17ClFIN2O. The van der Waals surface area contributed by atoms with Crippen LogP contribution in [0.15, 0.2) is 12.1 Å². The number of aromatic nitrogens is 2. The summed E-state index contributed by atoms with van der Waals surface area (Å²) in [5.41, 5.74) is 1.57. The van der Waals surface area contributed by atoms with Gasteiger partial charge in [0.05, 0.1) is 33.1 Å². The highest BCUT2D eigenvalue weighted by atomic mass is 127. The molecule has 0 saturated carbocycles. The highest BCUT2D eigenvalue weighted by Gasteiger charge is 2.19. The van der Waals surface area contributed by atoms with Crippen molar-refractivity contribution < 1.29 is 9.13 Å². The Labute approximate surface area is 136 Å². The van der Waals surface area contributed by atoms with Gasteiger partial charge in [-0.2, -0.15) is 0 Å². The third kappa shape index (κ3) is 3.09. The normalized spacial score (nSPS) is 13.1. The van der Waals surface area contributed by atoms with Crippen LogP contribution in [0, 0.1) is 9.39 Å². The van der Waals surface area contributed by atoms with Crippen molar-refractivity contribution in [1.29, 1.82) is 0 Å². The lowest BCUT2D eigenvalue weighted by molar-refractivity contribution is 0.151. The van der Waals surface area contributed by atoms with Gasteiger partial charge in [0, 0.05) is 13.2 Å². The molecule has 0 radical (unpaired) electrons. The second-order valence-corrected chi connectivity index (χ2v) is 6.11. The highest BCUT2D eigenvalue weighted by Crippen LogP contribution is 2.28. The lowest BCUT2D eigenvalue weighted by Crippen LogP contribution is -2.16. The second kappa shape index (κ2) is 7.04. The Bertz CT molecular complexity index is 596. The number of fused-ring (bicyclic) bond motifs is 1. The number of hydrogen-bond acceptors (Lipinski definition) is 2. The molecule has 2 rings (SSSR count). The standard InChI is InChI=1S/C14H17ClFIN2O/c1-3-4-9(8-20-2)19-13-5-10(16)11(17)6-12(13)18-14(19)7-15/h5-6,9H,3-4,7-8H2,1-2H3. The van der Waals surface area contributed by atoms with E-state index in [1.54, 1.807) is 19.2 Å². The van der Waals surface area contributed by atoms with E-state index in [-0.39, 0.29) is 11.9 Å². The van der Waals surface area contributed by atoms with Crippen molar-refractivity contribution in [1.82, 2.24) is 9.55 Å². The number of rotatable bonds is 6. The predicted molar refractivity (Wildman–Crippen MR) is 87.8 cm³/mol. The number of benzene rings is 1. The number of imidazole rings is 1. The smallest absolute Gasteiger partial charge is 0.138 e. The molecule has 0 aliphatic heterocycles. The summed E-state index contributed by atoms with van der Waals surface area (Å²) in [5.74, 6) is 0.836. The number of alkyl halides is 1. The van der Waals surface area contributed by atoms with Gasteiger partial charge in [0.25, 0.3) is 0 Å². The molecule has 0 N–H and O–H groups in total. The lowest BCUT2D eigenvalue weighted by Gasteiger charge is -2.20. The molecule has 0 amide bonds. The van der Waals surface area contributed by atoms with E-state index in [4.69, 9.17) is 16.3 Å². The van der Waals surface area contributed by atoms with Gasteiger partial charge in [-0.3, -0.25) is 0 Å². The molecule has 1 heterocycles. The van der Waals surface area contributed by atoms with Crippen LogP contribution in [0.25, 0.3) is 11.0 Å². The van der Waals surface area contributed by atoms with Crippen LogP contribution in [-0.2, 0) is 10.6 Å². The maximum Gasteiger partial charge on any atom is 0.138 e. The Balaban J connectivity index is 2.61. The Morgan fingerprint density at radius 3 is 2.85 bits per heavy atom. The van der Waals surface area contributed by atoms with Gasteiger partial charge in [0.15, 0.2) is 0 Å². The van der Waals surface area contributed by atoms with Crippen molar-refractivity contribution in [2.45, 2.75) is 31.7 Å². The van der Waals surface area contributed by atoms with Crippen LogP contribution < -0.4 is 0 Å². The molecule has 20 heavy (non-hydrogen) atoms. The van der Waals surface area contributed by atoms with Gasteiger partial charge in [-0.1, -0.05) is 13.3 Å². The summed E-state index contributed by atoms with van der Waals surface area (Å²) >= 11 is 7.98. The van der Waals surface area contributed by atoms with Gasteiger partial charge < -0.3 is 9.30 Å². The van der Waals surface area contributed by atoms with E-state index in [0.717, 1.165) is 29.7 Å². The summed E-state index contributed by atoms with van der Waals surface area (Å²) in [6, 6.07) is 3.43. The van der Waals surface area contributed by atoms with Gasteiger partial charge in [-0.25, -0.2) is 9.37 Å². The maximum atomic E-state index is 13.9. The fraction of sp³-hybridized carbons (Fsp3) is 0.500. The summed E-state index contributed by atoms with van der Waals surface area (Å²) in [5, 5.41) is 0. The molecule has 1 aromatic carbocycles. The average molecular weight is 411 g/mol. The largest absolute Gasteiger partial charge is 0.383 e. The van der Waals surface area contributed by atoms with Gasteiger partial charge in [0.2, 0.25) is 0 Å². The van der Waals surface area contributed by atoms with Gasteiger partial charge in [0.1, 0.15) is 11.6 Å². The third-order valence-corrected chi connectivity index (χ3v) is 4.34. The monoisotopic (exact) mass is 410 g/mol. The molecule has 0 bridgehead atoms. The van der Waals surface area contributed by atoms with E-state index in [2.05, 4.69) is 11.9 Å². The Morgan fingerprint density at radius 2 is 2.25 bits per heavy atom. The third-order valence-electron chi connectivity index (χ3n) is 3.27. The van der Waals surface area contributed by atoms with Crippen molar-refractivity contribution in [2.75, 3.05) is 13.7 Å². The quantitative estimate of drug-likeness (QED) is 0.518. The minimum Gasteiger partial charge on any atom is -0.383 e. The van der Waals surface area contributed by atoms with Crippen LogP contribution >= 0.6 is 34.2 Å². The van der Waals surface area contributed by atoms with Gasteiger partial charge in [-0.05, 0) is 35.1 Å². The number of methoxy groups -OCH3 is 1. The zero-order chi connectivity index (χ0) is 14.7. The van der Waals surface area contributed by atoms with E-state index < -0.39 is 0 Å². The first-order valence-corrected chi connectivity index (χ1v) is 8.14. The van der Waals surface area contributed by atoms with E-state index in [1.807, 2.05) is 27.2 Å². The Hall–Kier alpha value is -0.400. The van der Waals surface area contributed by atoms with Crippen LogP contribution in [0.2, 0.25) is 0 Å². The van der Waals surface area contributed by atoms with E-state index >= 15 is 0 Å². The summed E-state index contributed by atoms with van der Waals surface area (Å²) in [4.78, 5) is 4.52. The topological polar surface area (TPSA) is 27.1 Å². The molecule has 0 spiro atoms. The van der Waals surface area contributed by atoms with Crippen LogP contribution in [0.5, 0.6) is 0 Å². The summed E-state index contributed by atoms with van der Waals surface area (Å²) in [6.45, 7) is 2.68. The molecule has 1 atom stereocenters. The molecule has 0 aliphatic rings. The van der Waals surface area contributed by atoms with Crippen molar-refractivity contribution in [3.63, 3.8) is 0 Å². The summed E-state index contributed by atoms with van der Waals surface area (Å²) in [6.07, 6.45) is 1.96. The minimum absolute atomic E-state index is 0.128. The molecule has 0 fully saturated rings. The molecule has 6 heteroatoms. The Morgan fingerprint density at radius 1 is 1.50 bits per heavy atom. The molecule has 2 aromatic rings.